The summed E-state index contributed by atoms with van der Waals surface area (Å²) in [7, 11) is 3.70. The lowest BCUT2D eigenvalue weighted by atomic mass is 10.1. The van der Waals surface area contributed by atoms with Crippen LogP contribution in [0.3, 0.4) is 0 Å². The van der Waals surface area contributed by atoms with Crippen molar-refractivity contribution in [2.45, 2.75) is 37.5 Å². The Morgan fingerprint density at radius 1 is 0.722 bits per heavy atom. The maximum absolute atomic E-state index is 2.24. The maximum Gasteiger partial charge on any atom is 0.0218 e. The second-order valence-electron chi connectivity index (χ2n) is 4.63. The third-order valence-electron chi connectivity index (χ3n) is 3.11. The summed E-state index contributed by atoms with van der Waals surface area (Å²) in [6.45, 7) is 8.68. The third kappa shape index (κ3) is 3.12. The summed E-state index contributed by atoms with van der Waals surface area (Å²) in [6, 6.07) is 13.1. The van der Waals surface area contributed by atoms with Crippen LogP contribution in [0.25, 0.3) is 0 Å². The predicted octanol–water partition coefficient (Wildman–Crippen LogP) is 5.72. The second-order valence-corrected chi connectivity index (χ2v) is 6.85. The number of hydrogen-bond acceptors (Lipinski definition) is 2. The zero-order chi connectivity index (χ0) is 13.1. The summed E-state index contributed by atoms with van der Waals surface area (Å²) in [6.07, 6.45) is 0. The molecule has 2 aromatic carbocycles. The zero-order valence-corrected chi connectivity index (χ0v) is 12.9. The van der Waals surface area contributed by atoms with E-state index < -0.39 is 0 Å². The van der Waals surface area contributed by atoms with E-state index in [1.54, 1.807) is 0 Å². The molecule has 0 unspecified atom stereocenters. The van der Waals surface area contributed by atoms with Crippen molar-refractivity contribution in [2.24, 2.45) is 0 Å². The second kappa shape index (κ2) is 5.85. The van der Waals surface area contributed by atoms with Crippen LogP contribution in [0.2, 0.25) is 0 Å². The molecule has 2 aromatic rings. The van der Waals surface area contributed by atoms with Crippen LogP contribution in [0, 0.1) is 27.7 Å². The maximum atomic E-state index is 2.24. The molecule has 0 saturated carbocycles. The molecule has 0 aromatic heterocycles. The predicted molar refractivity (Wildman–Crippen MR) is 83.5 cm³/mol. The fraction of sp³-hybridized carbons (Fsp3) is 0.250. The van der Waals surface area contributed by atoms with E-state index in [4.69, 9.17) is 0 Å². The molecular weight excluding hydrogens is 256 g/mol. The first-order valence-corrected chi connectivity index (χ1v) is 8.21. The summed E-state index contributed by atoms with van der Waals surface area (Å²) >= 11 is 0. The lowest BCUT2D eigenvalue weighted by molar-refractivity contribution is 1.23. The van der Waals surface area contributed by atoms with Gasteiger partial charge in [0.1, 0.15) is 0 Å². The molecule has 0 heterocycles. The zero-order valence-electron chi connectivity index (χ0n) is 11.3. The molecule has 0 spiro atoms. The molecule has 0 atom stereocenters. The molecule has 0 aliphatic heterocycles. The van der Waals surface area contributed by atoms with Crippen LogP contribution in [0.1, 0.15) is 22.3 Å². The molecule has 0 bridgehead atoms. The van der Waals surface area contributed by atoms with Crippen molar-refractivity contribution in [1.82, 2.24) is 0 Å². The summed E-state index contributed by atoms with van der Waals surface area (Å²) in [5.41, 5.74) is 5.44. The van der Waals surface area contributed by atoms with Gasteiger partial charge in [0.05, 0.1) is 0 Å². The molecule has 0 aliphatic rings. The van der Waals surface area contributed by atoms with E-state index in [-0.39, 0.29) is 0 Å². The highest BCUT2D eigenvalue weighted by atomic mass is 33.1. The number of benzene rings is 2. The first kappa shape index (κ1) is 13.6. The van der Waals surface area contributed by atoms with E-state index in [2.05, 4.69) is 64.1 Å². The van der Waals surface area contributed by atoms with Crippen molar-refractivity contribution >= 4 is 21.6 Å². The lowest BCUT2D eigenvalue weighted by Gasteiger charge is -2.09. The van der Waals surface area contributed by atoms with E-state index >= 15 is 0 Å². The molecule has 0 radical (unpaired) electrons. The Bertz CT molecular complexity index is 559. The van der Waals surface area contributed by atoms with Crippen LogP contribution in [-0.4, -0.2) is 0 Å². The number of rotatable bonds is 3. The van der Waals surface area contributed by atoms with Crippen LogP contribution >= 0.6 is 21.6 Å². The normalized spacial score (nSPS) is 10.7. The van der Waals surface area contributed by atoms with Gasteiger partial charge < -0.3 is 0 Å². The van der Waals surface area contributed by atoms with Crippen LogP contribution in [-0.2, 0) is 0 Å². The molecule has 2 heteroatoms. The van der Waals surface area contributed by atoms with E-state index in [1.165, 1.54) is 32.0 Å². The van der Waals surface area contributed by atoms with E-state index in [0.717, 1.165) is 0 Å². The van der Waals surface area contributed by atoms with Gasteiger partial charge in [-0.25, -0.2) is 0 Å². The quantitative estimate of drug-likeness (QED) is 0.656. The Labute approximate surface area is 118 Å². The van der Waals surface area contributed by atoms with Crippen molar-refractivity contribution in [3.05, 3.63) is 58.7 Å². The SMILES string of the molecule is Cc1ccc(SSc2cccc(C)c2C)c(C)c1. The molecular formula is C16H18S2. The number of aryl methyl sites for hydroxylation is 3. The van der Waals surface area contributed by atoms with Crippen molar-refractivity contribution in [1.29, 1.82) is 0 Å². The van der Waals surface area contributed by atoms with Crippen molar-refractivity contribution in [3.8, 4) is 0 Å². The van der Waals surface area contributed by atoms with Gasteiger partial charge in [0, 0.05) is 9.79 Å². The Kier molecular flexibility index (Phi) is 4.41. The van der Waals surface area contributed by atoms with Gasteiger partial charge >= 0.3 is 0 Å². The highest BCUT2D eigenvalue weighted by Gasteiger charge is 2.04. The van der Waals surface area contributed by atoms with Gasteiger partial charge in [0.15, 0.2) is 0 Å². The lowest BCUT2D eigenvalue weighted by Crippen LogP contribution is -1.83. The highest BCUT2D eigenvalue weighted by Crippen LogP contribution is 2.40. The monoisotopic (exact) mass is 274 g/mol. The standard InChI is InChI=1S/C16H18S2/c1-11-8-9-15(13(3)10-11)17-18-16-7-5-6-12(2)14(16)4/h5-10H,1-4H3. The molecule has 0 aliphatic carbocycles. The van der Waals surface area contributed by atoms with Crippen LogP contribution in [0.4, 0.5) is 0 Å². The largest absolute Gasteiger partial charge is 0.0608 e. The molecule has 0 N–H and O–H groups in total. The average Bonchev–Trinajstić information content (AvgIpc) is 2.33. The van der Waals surface area contributed by atoms with Gasteiger partial charge in [-0.05, 0) is 56.5 Å². The first-order chi connectivity index (χ1) is 8.58. The third-order valence-corrected chi connectivity index (χ3v) is 5.78. The minimum absolute atomic E-state index is 1.33. The van der Waals surface area contributed by atoms with Crippen LogP contribution in [0.15, 0.2) is 46.2 Å². The number of hydrogen-bond donors (Lipinski definition) is 0. The molecule has 2 rings (SSSR count). The minimum atomic E-state index is 1.33. The average molecular weight is 274 g/mol. The van der Waals surface area contributed by atoms with Crippen LogP contribution < -0.4 is 0 Å². The van der Waals surface area contributed by atoms with E-state index in [9.17, 15) is 0 Å². The smallest absolute Gasteiger partial charge is 0.0218 e. The Morgan fingerprint density at radius 3 is 2.17 bits per heavy atom. The molecule has 0 nitrogen and oxygen atoms in total. The Hall–Kier alpha value is -0.860. The summed E-state index contributed by atoms with van der Waals surface area (Å²) < 4.78 is 0. The Balaban J connectivity index is 2.14. The van der Waals surface area contributed by atoms with Gasteiger partial charge in [-0.3, -0.25) is 0 Å². The Morgan fingerprint density at radius 2 is 1.44 bits per heavy atom. The van der Waals surface area contributed by atoms with Crippen LogP contribution in [0.5, 0.6) is 0 Å². The van der Waals surface area contributed by atoms with Crippen molar-refractivity contribution in [2.75, 3.05) is 0 Å². The summed E-state index contributed by atoms with van der Waals surface area (Å²) in [5, 5.41) is 0. The topological polar surface area (TPSA) is 0 Å². The molecule has 0 amide bonds. The van der Waals surface area contributed by atoms with Gasteiger partial charge in [-0.1, -0.05) is 51.4 Å². The molecule has 94 valence electrons. The summed E-state index contributed by atoms with van der Waals surface area (Å²) in [5.74, 6) is 0. The van der Waals surface area contributed by atoms with E-state index in [0.29, 0.717) is 0 Å². The minimum Gasteiger partial charge on any atom is -0.0608 e. The van der Waals surface area contributed by atoms with Gasteiger partial charge in [-0.15, -0.1) is 0 Å². The fourth-order valence-corrected chi connectivity index (χ4v) is 4.35. The molecule has 18 heavy (non-hydrogen) atoms. The first-order valence-electron chi connectivity index (χ1n) is 6.06. The van der Waals surface area contributed by atoms with Gasteiger partial charge in [0.2, 0.25) is 0 Å². The molecule has 0 saturated heterocycles. The highest BCUT2D eigenvalue weighted by molar-refractivity contribution is 8.76. The van der Waals surface area contributed by atoms with E-state index in [1.807, 2.05) is 21.6 Å². The summed E-state index contributed by atoms with van der Waals surface area (Å²) in [4.78, 5) is 2.71. The fourth-order valence-electron chi connectivity index (χ4n) is 1.80. The van der Waals surface area contributed by atoms with Crippen molar-refractivity contribution in [3.63, 3.8) is 0 Å². The van der Waals surface area contributed by atoms with Crippen molar-refractivity contribution < 1.29 is 0 Å². The van der Waals surface area contributed by atoms with Gasteiger partial charge in [0.25, 0.3) is 0 Å². The van der Waals surface area contributed by atoms with Gasteiger partial charge in [-0.2, -0.15) is 0 Å². The molecule has 0 fully saturated rings.